The van der Waals surface area contributed by atoms with Gasteiger partial charge in [0, 0.05) is 31.3 Å². The first-order chi connectivity index (χ1) is 16.2. The van der Waals surface area contributed by atoms with Gasteiger partial charge in [0.2, 0.25) is 5.95 Å². The Morgan fingerprint density at radius 1 is 1.32 bits per heavy atom. The van der Waals surface area contributed by atoms with Crippen molar-refractivity contribution in [1.29, 1.82) is 5.26 Å². The number of amides is 1. The van der Waals surface area contributed by atoms with E-state index in [-0.39, 0.29) is 18.9 Å². The van der Waals surface area contributed by atoms with Gasteiger partial charge in [-0.25, -0.2) is 9.78 Å². The van der Waals surface area contributed by atoms with E-state index in [9.17, 15) is 10.1 Å². The molecule has 10 heteroatoms. The van der Waals surface area contributed by atoms with Gasteiger partial charge in [0.1, 0.15) is 17.0 Å². The molecule has 34 heavy (non-hydrogen) atoms. The van der Waals surface area contributed by atoms with Crippen molar-refractivity contribution in [3.05, 3.63) is 29.5 Å². The Labute approximate surface area is 200 Å². The number of ether oxygens (including phenoxy) is 3. The van der Waals surface area contributed by atoms with Gasteiger partial charge in [-0.05, 0) is 65.7 Å². The first-order valence-electron chi connectivity index (χ1n) is 11.4. The molecule has 0 saturated carbocycles. The van der Waals surface area contributed by atoms with Crippen LogP contribution >= 0.6 is 0 Å². The van der Waals surface area contributed by atoms with Crippen molar-refractivity contribution >= 4 is 12.0 Å². The van der Waals surface area contributed by atoms with Crippen LogP contribution in [0.3, 0.4) is 0 Å². The number of nitrogens with zero attached hydrogens (tertiary/aromatic N) is 5. The van der Waals surface area contributed by atoms with Crippen LogP contribution in [0.1, 0.15) is 51.8 Å². The summed E-state index contributed by atoms with van der Waals surface area (Å²) in [5.74, 6) is 0.871. The number of rotatable bonds is 7. The molecule has 1 atom stereocenters. The Bertz CT molecular complexity index is 1050. The summed E-state index contributed by atoms with van der Waals surface area (Å²) in [4.78, 5) is 18.7. The largest absolute Gasteiger partial charge is 0.467 e. The standard InChI is InChI=1S/C24H32N6O4/c1-6-32-15-33-20-12-17(13-25)9-10-19(20)21-16(2)26-22(29-28-21)27-18-8-7-11-30(14-18)23(31)34-24(3,4)5/h9-10,12,18H,6-8,11,14-15H2,1-5H3,(H,26,27,29). The lowest BCUT2D eigenvalue weighted by molar-refractivity contribution is 0.0205. The fourth-order valence-corrected chi connectivity index (χ4v) is 3.58. The van der Waals surface area contributed by atoms with Gasteiger partial charge in [0.25, 0.3) is 0 Å². The van der Waals surface area contributed by atoms with Crippen LogP contribution in [0.2, 0.25) is 0 Å². The van der Waals surface area contributed by atoms with Crippen molar-refractivity contribution in [1.82, 2.24) is 20.1 Å². The van der Waals surface area contributed by atoms with Gasteiger partial charge in [-0.1, -0.05) is 0 Å². The van der Waals surface area contributed by atoms with Gasteiger partial charge < -0.3 is 24.4 Å². The molecular formula is C24H32N6O4. The summed E-state index contributed by atoms with van der Waals surface area (Å²) in [6.45, 7) is 11.0. The summed E-state index contributed by atoms with van der Waals surface area (Å²) < 4.78 is 16.5. The first-order valence-corrected chi connectivity index (χ1v) is 11.4. The van der Waals surface area contributed by atoms with Crippen LogP contribution in [0.15, 0.2) is 18.2 Å². The molecule has 3 rings (SSSR count). The third-order valence-electron chi connectivity index (χ3n) is 5.14. The molecule has 10 nitrogen and oxygen atoms in total. The minimum atomic E-state index is -0.534. The third kappa shape index (κ3) is 6.78. The van der Waals surface area contributed by atoms with Gasteiger partial charge in [0.05, 0.1) is 17.3 Å². The average molecular weight is 469 g/mol. The number of hydrogen-bond donors (Lipinski definition) is 1. The number of carbonyl (C=O) groups excluding carboxylic acids is 1. The van der Waals surface area contributed by atoms with Crippen LogP contribution in [0.25, 0.3) is 11.3 Å². The zero-order valence-corrected chi connectivity index (χ0v) is 20.4. The molecule has 2 heterocycles. The lowest BCUT2D eigenvalue weighted by Crippen LogP contribution is -2.47. The number of aromatic nitrogens is 3. The van der Waals surface area contributed by atoms with E-state index in [1.807, 2.05) is 34.6 Å². The summed E-state index contributed by atoms with van der Waals surface area (Å²) in [6.07, 6.45) is 1.42. The van der Waals surface area contributed by atoms with Gasteiger partial charge in [-0.15, -0.1) is 10.2 Å². The van der Waals surface area contributed by atoms with Crippen LogP contribution in [0.4, 0.5) is 10.7 Å². The van der Waals surface area contributed by atoms with E-state index in [0.717, 1.165) is 12.8 Å². The molecule has 1 amide bonds. The number of nitriles is 1. The van der Waals surface area contributed by atoms with Gasteiger partial charge in [0.15, 0.2) is 6.79 Å². The Hall–Kier alpha value is -3.45. The summed E-state index contributed by atoms with van der Waals surface area (Å²) in [6, 6.07) is 7.22. The summed E-state index contributed by atoms with van der Waals surface area (Å²) in [5.41, 5.74) is 1.83. The normalized spacial score (nSPS) is 16.0. The maximum atomic E-state index is 12.4. The van der Waals surface area contributed by atoms with Gasteiger partial charge in [-0.2, -0.15) is 5.26 Å². The maximum Gasteiger partial charge on any atom is 0.410 e. The number of nitrogens with one attached hydrogen (secondary N) is 1. The molecule has 1 saturated heterocycles. The Balaban J connectivity index is 1.73. The number of benzene rings is 1. The molecule has 1 N–H and O–H groups in total. The number of aryl methyl sites for hydroxylation is 1. The third-order valence-corrected chi connectivity index (χ3v) is 5.14. The monoisotopic (exact) mass is 468 g/mol. The lowest BCUT2D eigenvalue weighted by atomic mass is 10.1. The van der Waals surface area contributed by atoms with E-state index >= 15 is 0 Å². The van der Waals surface area contributed by atoms with E-state index < -0.39 is 5.60 Å². The lowest BCUT2D eigenvalue weighted by Gasteiger charge is -2.34. The highest BCUT2D eigenvalue weighted by atomic mass is 16.7. The SMILES string of the molecule is CCOCOc1cc(C#N)ccc1-c1nnc(NC2CCCN(C(=O)OC(C)(C)C)C2)nc1C. The van der Waals surface area contributed by atoms with Crippen LogP contribution < -0.4 is 10.1 Å². The summed E-state index contributed by atoms with van der Waals surface area (Å²) in [5, 5.41) is 21.2. The van der Waals surface area contributed by atoms with Crippen molar-refractivity contribution in [2.45, 2.75) is 59.1 Å². The molecular weight excluding hydrogens is 436 g/mol. The van der Waals surface area contributed by atoms with Crippen LogP contribution in [-0.2, 0) is 9.47 Å². The molecule has 182 valence electrons. The number of likely N-dealkylation sites (tertiary alicyclic amines) is 1. The van der Waals surface area contributed by atoms with Crippen molar-refractivity contribution in [3.8, 4) is 23.1 Å². The molecule has 1 unspecified atom stereocenters. The Kier molecular flexibility index (Phi) is 8.23. The quantitative estimate of drug-likeness (QED) is 0.476. The predicted octanol–water partition coefficient (Wildman–Crippen LogP) is 3.90. The van der Waals surface area contributed by atoms with Crippen molar-refractivity contribution in [2.24, 2.45) is 0 Å². The van der Waals surface area contributed by atoms with Crippen molar-refractivity contribution < 1.29 is 19.0 Å². The molecule has 1 fully saturated rings. The molecule has 0 bridgehead atoms. The molecule has 1 aliphatic heterocycles. The second kappa shape index (κ2) is 11.1. The molecule has 0 radical (unpaired) electrons. The molecule has 0 spiro atoms. The van der Waals surface area contributed by atoms with Gasteiger partial charge in [-0.3, -0.25) is 0 Å². The average Bonchev–Trinajstić information content (AvgIpc) is 2.79. The first kappa shape index (κ1) is 25.2. The van der Waals surface area contributed by atoms with Crippen LogP contribution in [0.5, 0.6) is 5.75 Å². The van der Waals surface area contributed by atoms with Crippen LogP contribution in [0, 0.1) is 18.3 Å². The molecule has 1 aromatic carbocycles. The van der Waals surface area contributed by atoms with E-state index in [2.05, 4.69) is 26.6 Å². The number of anilines is 1. The minimum absolute atomic E-state index is 0.00619. The number of carbonyl (C=O) groups is 1. The summed E-state index contributed by atoms with van der Waals surface area (Å²) in [7, 11) is 0. The second-order valence-electron chi connectivity index (χ2n) is 9.06. The Morgan fingerprint density at radius 3 is 2.79 bits per heavy atom. The smallest absolute Gasteiger partial charge is 0.410 e. The molecule has 0 aliphatic carbocycles. The fourth-order valence-electron chi connectivity index (χ4n) is 3.58. The number of hydrogen-bond acceptors (Lipinski definition) is 9. The molecule has 2 aromatic rings. The highest BCUT2D eigenvalue weighted by molar-refractivity contribution is 5.70. The maximum absolute atomic E-state index is 12.4. The summed E-state index contributed by atoms with van der Waals surface area (Å²) >= 11 is 0. The van der Waals surface area contributed by atoms with Crippen molar-refractivity contribution in [3.63, 3.8) is 0 Å². The van der Waals surface area contributed by atoms with Crippen molar-refractivity contribution in [2.75, 3.05) is 31.8 Å². The number of piperidine rings is 1. The highest BCUT2D eigenvalue weighted by Gasteiger charge is 2.28. The predicted molar refractivity (Wildman–Crippen MR) is 126 cm³/mol. The highest BCUT2D eigenvalue weighted by Crippen LogP contribution is 2.31. The topological polar surface area (TPSA) is 122 Å². The van der Waals surface area contributed by atoms with Crippen LogP contribution in [-0.4, -0.2) is 64.3 Å². The van der Waals surface area contributed by atoms with Gasteiger partial charge >= 0.3 is 6.09 Å². The Morgan fingerprint density at radius 2 is 2.12 bits per heavy atom. The zero-order valence-electron chi connectivity index (χ0n) is 20.4. The minimum Gasteiger partial charge on any atom is -0.467 e. The van der Waals surface area contributed by atoms with E-state index in [0.29, 0.717) is 53.9 Å². The molecule has 1 aliphatic rings. The zero-order chi connectivity index (χ0) is 24.7. The second-order valence-corrected chi connectivity index (χ2v) is 9.06. The van der Waals surface area contributed by atoms with E-state index in [1.54, 1.807) is 23.1 Å². The fraction of sp³-hybridized carbons (Fsp3) is 0.542. The van der Waals surface area contributed by atoms with E-state index in [1.165, 1.54) is 0 Å². The van der Waals surface area contributed by atoms with E-state index in [4.69, 9.17) is 14.2 Å². The molecule has 1 aromatic heterocycles.